The van der Waals surface area contributed by atoms with Crippen molar-refractivity contribution in [2.75, 3.05) is 12.4 Å². The van der Waals surface area contributed by atoms with Crippen molar-refractivity contribution in [2.45, 2.75) is 19.9 Å². The number of carboxylic acids is 1. The van der Waals surface area contributed by atoms with Crippen molar-refractivity contribution >= 4 is 23.4 Å². The number of nitro benzene ring substituents is 1. The summed E-state index contributed by atoms with van der Waals surface area (Å²) in [5, 5.41) is 22.0. The van der Waals surface area contributed by atoms with E-state index < -0.39 is 23.0 Å². The molecule has 0 aliphatic rings. The lowest BCUT2D eigenvalue weighted by Crippen LogP contribution is -2.42. The summed E-state index contributed by atoms with van der Waals surface area (Å²) >= 11 is 0. The van der Waals surface area contributed by atoms with Gasteiger partial charge >= 0.3 is 12.0 Å². The Balaban J connectivity index is 2.84. The van der Waals surface area contributed by atoms with Crippen LogP contribution in [0, 0.1) is 17.0 Å². The maximum Gasteiger partial charge on any atom is 0.326 e. The summed E-state index contributed by atoms with van der Waals surface area (Å²) in [6.07, 6.45) is 0. The van der Waals surface area contributed by atoms with Crippen molar-refractivity contribution < 1.29 is 19.6 Å². The first kappa shape index (κ1) is 15.4. The molecule has 0 aromatic heterocycles. The number of hydrogen-bond acceptors (Lipinski definition) is 4. The van der Waals surface area contributed by atoms with E-state index in [0.717, 1.165) is 4.90 Å². The maximum absolute atomic E-state index is 11.8. The Morgan fingerprint density at radius 3 is 2.50 bits per heavy atom. The number of likely N-dealkylation sites (N-methyl/N-ethyl adjacent to an activating group) is 1. The summed E-state index contributed by atoms with van der Waals surface area (Å²) in [5.74, 6) is -1.12. The number of aryl methyl sites for hydroxylation is 1. The van der Waals surface area contributed by atoms with Crippen LogP contribution in [0.5, 0.6) is 0 Å². The molecular weight excluding hydrogens is 266 g/mol. The van der Waals surface area contributed by atoms with Crippen molar-refractivity contribution in [3.05, 3.63) is 33.9 Å². The van der Waals surface area contributed by atoms with Crippen LogP contribution < -0.4 is 5.32 Å². The second kappa shape index (κ2) is 6.00. The molecule has 0 aliphatic heterocycles. The van der Waals surface area contributed by atoms with Crippen molar-refractivity contribution in [1.29, 1.82) is 0 Å². The normalized spacial score (nSPS) is 11.6. The average molecular weight is 281 g/mol. The number of urea groups is 1. The average Bonchev–Trinajstić information content (AvgIpc) is 2.36. The number of nitrogens with one attached hydrogen (secondary N) is 1. The highest BCUT2D eigenvalue weighted by molar-refractivity contribution is 5.92. The Morgan fingerprint density at radius 1 is 1.45 bits per heavy atom. The largest absolute Gasteiger partial charge is 0.480 e. The molecule has 0 radical (unpaired) electrons. The van der Waals surface area contributed by atoms with Crippen molar-refractivity contribution in [1.82, 2.24) is 4.90 Å². The second-order valence-electron chi connectivity index (χ2n) is 4.31. The Morgan fingerprint density at radius 2 is 2.05 bits per heavy atom. The Labute approximate surface area is 115 Å². The van der Waals surface area contributed by atoms with Crippen LogP contribution in [0.2, 0.25) is 0 Å². The minimum Gasteiger partial charge on any atom is -0.480 e. The summed E-state index contributed by atoms with van der Waals surface area (Å²) in [6.45, 7) is 2.93. The lowest BCUT2D eigenvalue weighted by atomic mass is 10.2. The molecule has 0 aliphatic carbocycles. The third-order valence-corrected chi connectivity index (χ3v) is 2.90. The molecule has 1 atom stereocenters. The highest BCUT2D eigenvalue weighted by Crippen LogP contribution is 2.21. The summed E-state index contributed by atoms with van der Waals surface area (Å²) in [6, 6.07) is 2.55. The summed E-state index contributed by atoms with van der Waals surface area (Å²) in [4.78, 5) is 33.8. The second-order valence-corrected chi connectivity index (χ2v) is 4.31. The van der Waals surface area contributed by atoms with Crippen molar-refractivity contribution in [2.24, 2.45) is 0 Å². The molecule has 8 heteroatoms. The van der Waals surface area contributed by atoms with Gasteiger partial charge in [0.05, 0.1) is 4.92 Å². The Hall–Kier alpha value is -2.64. The Kier molecular flexibility index (Phi) is 4.63. The SMILES string of the molecule is Cc1cc(NC(=O)N(C)C(C)C(=O)O)ccc1[N+](=O)[O-]. The quantitative estimate of drug-likeness (QED) is 0.645. The number of aliphatic carboxylic acids is 1. The van der Waals surface area contributed by atoms with Gasteiger partial charge in [0.2, 0.25) is 0 Å². The monoisotopic (exact) mass is 281 g/mol. The molecule has 1 aromatic carbocycles. The molecule has 108 valence electrons. The van der Waals surface area contributed by atoms with E-state index >= 15 is 0 Å². The van der Waals surface area contributed by atoms with Crippen molar-refractivity contribution in [3.8, 4) is 0 Å². The van der Waals surface area contributed by atoms with Gasteiger partial charge in [0.25, 0.3) is 5.69 Å². The van der Waals surface area contributed by atoms with Crippen LogP contribution in [0.15, 0.2) is 18.2 Å². The predicted molar refractivity (Wildman–Crippen MR) is 71.7 cm³/mol. The van der Waals surface area contributed by atoms with E-state index in [4.69, 9.17) is 5.11 Å². The van der Waals surface area contributed by atoms with Crippen LogP contribution in [0.1, 0.15) is 12.5 Å². The molecule has 1 rings (SSSR count). The van der Waals surface area contributed by atoms with Gasteiger partial charge in [0.15, 0.2) is 0 Å². The number of rotatable bonds is 4. The summed E-state index contributed by atoms with van der Waals surface area (Å²) < 4.78 is 0. The Bertz CT molecular complexity index is 558. The third-order valence-electron chi connectivity index (χ3n) is 2.90. The number of carbonyl (C=O) groups excluding carboxylic acids is 1. The van der Waals surface area contributed by atoms with Gasteiger partial charge < -0.3 is 15.3 Å². The van der Waals surface area contributed by atoms with E-state index in [1.807, 2.05) is 0 Å². The standard InChI is InChI=1S/C12H15N3O5/c1-7-6-9(4-5-10(7)15(19)20)13-12(18)14(3)8(2)11(16)17/h4-6,8H,1-3H3,(H,13,18)(H,16,17). The summed E-state index contributed by atoms with van der Waals surface area (Å²) in [7, 11) is 1.35. The van der Waals surface area contributed by atoms with Crippen LogP contribution in [-0.4, -0.2) is 40.0 Å². The molecule has 0 heterocycles. The molecule has 1 unspecified atom stereocenters. The molecule has 2 N–H and O–H groups in total. The molecule has 0 spiro atoms. The first-order chi connectivity index (χ1) is 9.23. The third kappa shape index (κ3) is 3.44. The number of nitro groups is 1. The number of hydrogen-bond donors (Lipinski definition) is 2. The van der Waals surface area contributed by atoms with E-state index in [2.05, 4.69) is 5.32 Å². The molecule has 2 amide bonds. The lowest BCUT2D eigenvalue weighted by Gasteiger charge is -2.21. The highest BCUT2D eigenvalue weighted by Gasteiger charge is 2.22. The van der Waals surface area contributed by atoms with E-state index in [-0.39, 0.29) is 5.69 Å². The highest BCUT2D eigenvalue weighted by atomic mass is 16.6. The minimum atomic E-state index is -1.12. The molecule has 1 aromatic rings. The minimum absolute atomic E-state index is 0.0461. The fraction of sp³-hybridized carbons (Fsp3) is 0.333. The number of carbonyl (C=O) groups is 2. The van der Waals surface area contributed by atoms with Gasteiger partial charge in [0, 0.05) is 24.4 Å². The molecule has 0 saturated heterocycles. The lowest BCUT2D eigenvalue weighted by molar-refractivity contribution is -0.385. The van der Waals surface area contributed by atoms with Gasteiger partial charge in [-0.3, -0.25) is 10.1 Å². The van der Waals surface area contributed by atoms with Crippen LogP contribution in [0.25, 0.3) is 0 Å². The van der Waals surface area contributed by atoms with Gasteiger partial charge in [-0.25, -0.2) is 9.59 Å². The number of benzene rings is 1. The van der Waals surface area contributed by atoms with E-state index in [1.165, 1.54) is 32.2 Å². The number of nitrogens with zero attached hydrogens (tertiary/aromatic N) is 2. The maximum atomic E-state index is 11.8. The van der Waals surface area contributed by atoms with E-state index in [9.17, 15) is 19.7 Å². The molecule has 0 saturated carbocycles. The van der Waals surface area contributed by atoms with Crippen molar-refractivity contribution in [3.63, 3.8) is 0 Å². The van der Waals surface area contributed by atoms with Crippen LogP contribution in [0.4, 0.5) is 16.2 Å². The predicted octanol–water partition coefficient (Wildman–Crippen LogP) is 1.84. The van der Waals surface area contributed by atoms with Gasteiger partial charge in [-0.05, 0) is 26.0 Å². The summed E-state index contributed by atoms with van der Waals surface area (Å²) in [5.41, 5.74) is 0.722. The number of amides is 2. The zero-order chi connectivity index (χ0) is 15.4. The fourth-order valence-corrected chi connectivity index (χ4v) is 1.49. The number of anilines is 1. The first-order valence-corrected chi connectivity index (χ1v) is 5.75. The smallest absolute Gasteiger partial charge is 0.326 e. The fourth-order valence-electron chi connectivity index (χ4n) is 1.49. The molecular formula is C12H15N3O5. The first-order valence-electron chi connectivity index (χ1n) is 5.75. The van der Waals surface area contributed by atoms with Crippen LogP contribution in [-0.2, 0) is 4.79 Å². The molecule has 8 nitrogen and oxygen atoms in total. The van der Waals surface area contributed by atoms with E-state index in [1.54, 1.807) is 6.92 Å². The van der Waals surface area contributed by atoms with E-state index in [0.29, 0.717) is 11.3 Å². The zero-order valence-electron chi connectivity index (χ0n) is 11.3. The topological polar surface area (TPSA) is 113 Å². The molecule has 20 heavy (non-hydrogen) atoms. The van der Waals surface area contributed by atoms with Gasteiger partial charge in [-0.1, -0.05) is 0 Å². The zero-order valence-corrected chi connectivity index (χ0v) is 11.3. The molecule has 0 fully saturated rings. The van der Waals surface area contributed by atoms with Gasteiger partial charge in [0.1, 0.15) is 6.04 Å². The van der Waals surface area contributed by atoms with Gasteiger partial charge in [-0.2, -0.15) is 0 Å². The molecule has 0 bridgehead atoms. The van der Waals surface area contributed by atoms with Crippen LogP contribution in [0.3, 0.4) is 0 Å². The van der Waals surface area contributed by atoms with Crippen LogP contribution >= 0.6 is 0 Å². The van der Waals surface area contributed by atoms with Gasteiger partial charge in [-0.15, -0.1) is 0 Å². The number of carboxylic acid groups (broad SMARTS) is 1.